The van der Waals surface area contributed by atoms with Gasteiger partial charge >= 0.3 is 6.09 Å². The molecule has 3 heterocycles. The molecule has 13 heteroatoms. The van der Waals surface area contributed by atoms with Crippen LogP contribution in [0.3, 0.4) is 0 Å². The zero-order valence-electron chi connectivity index (χ0n) is 26.9. The first kappa shape index (κ1) is 33.9. The van der Waals surface area contributed by atoms with Crippen molar-refractivity contribution in [3.05, 3.63) is 54.1 Å². The van der Waals surface area contributed by atoms with Crippen LogP contribution < -0.4 is 20.1 Å². The molecule has 2 aromatic rings. The minimum absolute atomic E-state index is 0.00521. The van der Waals surface area contributed by atoms with Gasteiger partial charge in [-0.15, -0.1) is 0 Å². The van der Waals surface area contributed by atoms with Crippen LogP contribution in [0.5, 0.6) is 11.5 Å². The second-order valence-electron chi connectivity index (χ2n) is 12.9. The molecule has 0 spiro atoms. The topological polar surface area (TPSA) is 145 Å². The molecule has 3 aliphatic heterocycles. The number of alkyl carbamates (subject to hydrolysis) is 1. The Morgan fingerprint density at radius 2 is 1.91 bits per heavy atom. The van der Waals surface area contributed by atoms with E-state index in [1.54, 1.807) is 12.1 Å². The molecule has 258 valence electrons. The minimum Gasteiger partial charge on any atom is -0.497 e. The number of β-amino-alcohol motifs (C(OH)–C–C–N with tert-alkyl or cyclic N) is 1. The number of fused-ring (bicyclic) bond motifs is 3. The fraction of sp³-hybridized carbons (Fsp3) is 0.618. The summed E-state index contributed by atoms with van der Waals surface area (Å²) in [7, 11) is -2.62. The van der Waals surface area contributed by atoms with Crippen LogP contribution in [0.4, 0.5) is 4.79 Å². The van der Waals surface area contributed by atoms with E-state index in [2.05, 4.69) is 10.6 Å². The molecule has 6 rings (SSSR count). The first-order chi connectivity index (χ1) is 22.8. The van der Waals surface area contributed by atoms with Crippen LogP contribution in [0.25, 0.3) is 0 Å². The van der Waals surface area contributed by atoms with Gasteiger partial charge in [0, 0.05) is 25.7 Å². The fourth-order valence-corrected chi connectivity index (χ4v) is 8.62. The van der Waals surface area contributed by atoms with Gasteiger partial charge in [-0.25, -0.2) is 13.2 Å². The third-order valence-corrected chi connectivity index (χ3v) is 11.9. The summed E-state index contributed by atoms with van der Waals surface area (Å²) >= 11 is 0. The van der Waals surface area contributed by atoms with Crippen LogP contribution in [0.15, 0.2) is 53.4 Å². The maximum atomic E-state index is 14.3. The van der Waals surface area contributed by atoms with Crippen molar-refractivity contribution in [3.63, 3.8) is 0 Å². The number of hydrogen-bond acceptors (Lipinski definition) is 10. The lowest BCUT2D eigenvalue weighted by Gasteiger charge is -2.37. The van der Waals surface area contributed by atoms with E-state index in [1.165, 1.54) is 23.9 Å². The van der Waals surface area contributed by atoms with Gasteiger partial charge in [0.05, 0.1) is 45.0 Å². The number of aliphatic hydroxyl groups excluding tert-OH is 1. The van der Waals surface area contributed by atoms with Gasteiger partial charge in [-0.2, -0.15) is 4.31 Å². The van der Waals surface area contributed by atoms with E-state index in [0.29, 0.717) is 37.3 Å². The van der Waals surface area contributed by atoms with Crippen LogP contribution in [0.2, 0.25) is 0 Å². The molecule has 3 N–H and O–H groups in total. The van der Waals surface area contributed by atoms with E-state index in [1.807, 2.05) is 30.3 Å². The van der Waals surface area contributed by atoms with Crippen LogP contribution in [-0.4, -0.2) is 102 Å². The quantitative estimate of drug-likeness (QED) is 0.383. The van der Waals surface area contributed by atoms with E-state index in [-0.39, 0.29) is 49.0 Å². The van der Waals surface area contributed by atoms with E-state index in [0.717, 1.165) is 37.8 Å². The molecule has 12 nitrogen and oxygen atoms in total. The van der Waals surface area contributed by atoms with E-state index >= 15 is 0 Å². The van der Waals surface area contributed by atoms with Gasteiger partial charge in [-0.05, 0) is 74.6 Å². The number of nitrogens with zero attached hydrogens (tertiary/aromatic N) is 1. The molecule has 1 amide bonds. The molecule has 1 aliphatic carbocycles. The zero-order chi connectivity index (χ0) is 32.8. The lowest BCUT2D eigenvalue weighted by molar-refractivity contribution is -0.0907. The molecule has 2 unspecified atom stereocenters. The number of carbonyl (C=O) groups is 1. The smallest absolute Gasteiger partial charge is 0.407 e. The number of carbonyl (C=O) groups excluding carboxylic acids is 1. The number of ether oxygens (including phenoxy) is 5. The van der Waals surface area contributed by atoms with Crippen LogP contribution in [0, 0.1) is 17.8 Å². The summed E-state index contributed by atoms with van der Waals surface area (Å²) in [5.74, 6) is 1.86. The van der Waals surface area contributed by atoms with Crippen LogP contribution in [-0.2, 0) is 30.7 Å². The number of hydrogen-bond donors (Lipinski definition) is 3. The van der Waals surface area contributed by atoms with Gasteiger partial charge in [0.25, 0.3) is 0 Å². The lowest BCUT2D eigenvalue weighted by atomic mass is 9.71. The van der Waals surface area contributed by atoms with Crippen molar-refractivity contribution in [1.29, 1.82) is 0 Å². The average Bonchev–Trinajstić information content (AvgIpc) is 3.68. The Balaban J connectivity index is 1.23. The van der Waals surface area contributed by atoms with Crippen molar-refractivity contribution in [2.75, 3.05) is 53.1 Å². The summed E-state index contributed by atoms with van der Waals surface area (Å²) in [5.41, 5.74) is 0.872. The first-order valence-corrected chi connectivity index (χ1v) is 18.2. The summed E-state index contributed by atoms with van der Waals surface area (Å²) in [5, 5.41) is 18.0. The molecule has 2 saturated heterocycles. The summed E-state index contributed by atoms with van der Waals surface area (Å²) < 4.78 is 58.3. The Kier molecular flexibility index (Phi) is 11.2. The number of amides is 1. The summed E-state index contributed by atoms with van der Waals surface area (Å²) in [6.45, 7) is 2.26. The Hall–Kier alpha value is -2.94. The molecular weight excluding hydrogens is 626 g/mol. The predicted octanol–water partition coefficient (Wildman–Crippen LogP) is 2.93. The molecule has 47 heavy (non-hydrogen) atoms. The monoisotopic (exact) mass is 673 g/mol. The SMILES string of the molecule is COc1ccc2c(c1)OCCCC1CCC1CNCCN(C[C@@H](O)[C@H](Cc1ccccc1)NC(=O)O[C@H]1CO[C@H]3OCC[C@H]31)S2(=O)=O. The van der Waals surface area contributed by atoms with Gasteiger partial charge in [0.15, 0.2) is 6.29 Å². The van der Waals surface area contributed by atoms with Crippen molar-refractivity contribution >= 4 is 16.1 Å². The normalized spacial score (nSPS) is 29.0. The predicted molar refractivity (Wildman–Crippen MR) is 173 cm³/mol. The summed E-state index contributed by atoms with van der Waals surface area (Å²) in [4.78, 5) is 13.2. The van der Waals surface area contributed by atoms with Crippen molar-refractivity contribution in [1.82, 2.24) is 14.9 Å². The van der Waals surface area contributed by atoms with Crippen molar-refractivity contribution in [3.8, 4) is 11.5 Å². The summed E-state index contributed by atoms with van der Waals surface area (Å²) in [6.07, 6.45) is 2.42. The molecular formula is C34H47N3O9S. The van der Waals surface area contributed by atoms with Gasteiger partial charge in [-0.3, -0.25) is 0 Å². The minimum atomic E-state index is -4.15. The van der Waals surface area contributed by atoms with Gasteiger partial charge in [-0.1, -0.05) is 30.3 Å². The Labute approximate surface area is 277 Å². The number of aliphatic hydroxyl groups is 1. The first-order valence-electron chi connectivity index (χ1n) is 16.8. The van der Waals surface area contributed by atoms with Crippen molar-refractivity contribution in [2.45, 2.75) is 68.0 Å². The highest BCUT2D eigenvalue weighted by molar-refractivity contribution is 7.89. The third kappa shape index (κ3) is 8.21. The Bertz CT molecular complexity index is 1450. The number of rotatable bonds is 8. The molecule has 3 fully saturated rings. The second kappa shape index (κ2) is 15.5. The van der Waals surface area contributed by atoms with Crippen LogP contribution in [0.1, 0.15) is 37.7 Å². The molecule has 7 atom stereocenters. The van der Waals surface area contributed by atoms with Gasteiger partial charge in [0.1, 0.15) is 22.5 Å². The molecule has 2 aromatic carbocycles. The standard InChI is InChI=1S/C34H47N3O9S/c1-42-26-11-12-32-30(19-26)43-16-5-8-24-9-10-25(24)20-35-14-15-37(47(32,40)41)21-29(38)28(18-23-6-3-2-4-7-23)36-34(39)46-31-22-45-33-27(31)13-17-44-33/h2-4,6-7,11-12,19,24-25,27-29,31,33,35,38H,5,8-10,13-18,20-22H2,1H3,(H,36,39)/t24?,25?,27-,28-,29+,31-,33+/m0/s1. The molecule has 1 saturated carbocycles. The molecule has 0 bridgehead atoms. The van der Waals surface area contributed by atoms with E-state index in [9.17, 15) is 18.3 Å². The molecule has 0 aromatic heterocycles. The number of nitrogens with one attached hydrogen (secondary N) is 2. The van der Waals surface area contributed by atoms with Gasteiger partial charge < -0.3 is 39.4 Å². The van der Waals surface area contributed by atoms with E-state index in [4.69, 9.17) is 23.7 Å². The Morgan fingerprint density at radius 1 is 1.09 bits per heavy atom. The van der Waals surface area contributed by atoms with Crippen LogP contribution >= 0.6 is 0 Å². The lowest BCUT2D eigenvalue weighted by Crippen LogP contribution is -2.52. The van der Waals surface area contributed by atoms with Gasteiger partial charge in [0.2, 0.25) is 10.0 Å². The fourth-order valence-electron chi connectivity index (χ4n) is 7.05. The summed E-state index contributed by atoms with van der Waals surface area (Å²) in [6, 6.07) is 13.3. The second-order valence-corrected chi connectivity index (χ2v) is 14.9. The maximum absolute atomic E-state index is 14.3. The Morgan fingerprint density at radius 3 is 2.70 bits per heavy atom. The molecule has 0 radical (unpaired) electrons. The highest BCUT2D eigenvalue weighted by Gasteiger charge is 2.44. The number of benzene rings is 2. The van der Waals surface area contributed by atoms with Crippen molar-refractivity contribution < 1.29 is 42.0 Å². The number of methoxy groups -OCH3 is 1. The highest BCUT2D eigenvalue weighted by atomic mass is 32.2. The third-order valence-electron chi connectivity index (χ3n) is 9.97. The van der Waals surface area contributed by atoms with E-state index < -0.39 is 34.4 Å². The number of sulfonamides is 1. The average molecular weight is 674 g/mol. The largest absolute Gasteiger partial charge is 0.497 e. The molecule has 4 aliphatic rings. The maximum Gasteiger partial charge on any atom is 0.407 e. The highest BCUT2D eigenvalue weighted by Crippen LogP contribution is 2.38. The van der Waals surface area contributed by atoms with Crippen molar-refractivity contribution in [2.24, 2.45) is 17.8 Å². The zero-order valence-corrected chi connectivity index (χ0v) is 27.7.